The smallest absolute Gasteiger partial charge is 0.284 e. The van der Waals surface area contributed by atoms with Gasteiger partial charge in [0.15, 0.2) is 5.13 Å². The van der Waals surface area contributed by atoms with E-state index in [1.807, 2.05) is 21.8 Å². The molecule has 8 nitrogen and oxygen atoms in total. The number of aryl methyl sites for hydroxylation is 1. The SMILES string of the molecule is Cc1sc(N(CCC2CCCC2O)c2ccc(C#N)cc2)nc1C(=O)NS(C)(=O)=O. The number of benzene rings is 1. The Balaban J connectivity index is 1.90. The van der Waals surface area contributed by atoms with Crippen LogP contribution < -0.4 is 9.62 Å². The van der Waals surface area contributed by atoms with E-state index in [0.29, 0.717) is 22.1 Å². The molecule has 0 saturated heterocycles. The molecule has 10 heteroatoms. The van der Waals surface area contributed by atoms with E-state index in [2.05, 4.69) is 11.1 Å². The molecule has 160 valence electrons. The van der Waals surface area contributed by atoms with Gasteiger partial charge >= 0.3 is 0 Å². The number of hydrogen-bond donors (Lipinski definition) is 2. The largest absolute Gasteiger partial charge is 0.393 e. The minimum Gasteiger partial charge on any atom is -0.393 e. The molecule has 0 bridgehead atoms. The second kappa shape index (κ2) is 9.12. The lowest BCUT2D eigenvalue weighted by Gasteiger charge is -2.24. The Labute approximate surface area is 180 Å². The predicted molar refractivity (Wildman–Crippen MR) is 115 cm³/mol. The Morgan fingerprint density at radius 3 is 2.63 bits per heavy atom. The molecule has 1 fully saturated rings. The van der Waals surface area contributed by atoms with Gasteiger partial charge in [0.25, 0.3) is 5.91 Å². The molecule has 1 aromatic heterocycles. The number of carbonyl (C=O) groups is 1. The molecular weight excluding hydrogens is 424 g/mol. The van der Waals surface area contributed by atoms with Gasteiger partial charge < -0.3 is 10.0 Å². The maximum absolute atomic E-state index is 12.3. The Kier molecular flexibility index (Phi) is 6.75. The average Bonchev–Trinajstić information content (AvgIpc) is 3.27. The van der Waals surface area contributed by atoms with Crippen molar-refractivity contribution in [1.82, 2.24) is 9.71 Å². The second-order valence-corrected chi connectivity index (χ2v) is 10.4. The van der Waals surface area contributed by atoms with Gasteiger partial charge in [0.1, 0.15) is 5.69 Å². The summed E-state index contributed by atoms with van der Waals surface area (Å²) in [5, 5.41) is 19.8. The number of nitrogens with one attached hydrogen (secondary N) is 1. The van der Waals surface area contributed by atoms with Gasteiger partial charge in [-0.15, -0.1) is 11.3 Å². The van der Waals surface area contributed by atoms with Crippen molar-refractivity contribution in [3.8, 4) is 6.07 Å². The fourth-order valence-electron chi connectivity index (χ4n) is 3.63. The highest BCUT2D eigenvalue weighted by molar-refractivity contribution is 7.89. The van der Waals surface area contributed by atoms with E-state index >= 15 is 0 Å². The van der Waals surface area contributed by atoms with Gasteiger partial charge in [0.05, 0.1) is 24.0 Å². The molecule has 0 spiro atoms. The van der Waals surface area contributed by atoms with Crippen LogP contribution in [0.2, 0.25) is 0 Å². The number of hydrogen-bond acceptors (Lipinski definition) is 8. The van der Waals surface area contributed by atoms with Gasteiger partial charge in [-0.1, -0.05) is 6.42 Å². The quantitative estimate of drug-likeness (QED) is 0.667. The summed E-state index contributed by atoms with van der Waals surface area (Å²) in [6.45, 7) is 2.30. The molecule has 1 amide bonds. The molecule has 1 aliphatic carbocycles. The average molecular weight is 449 g/mol. The Morgan fingerprint density at radius 1 is 1.37 bits per heavy atom. The van der Waals surface area contributed by atoms with Crippen molar-refractivity contribution >= 4 is 38.1 Å². The van der Waals surface area contributed by atoms with Crippen LogP contribution in [0.5, 0.6) is 0 Å². The Morgan fingerprint density at radius 2 is 2.07 bits per heavy atom. The van der Waals surface area contributed by atoms with Crippen LogP contribution in [0.25, 0.3) is 0 Å². The van der Waals surface area contributed by atoms with E-state index < -0.39 is 15.9 Å². The normalized spacial score (nSPS) is 18.7. The summed E-state index contributed by atoms with van der Waals surface area (Å²) in [6.07, 6.45) is 4.17. The van der Waals surface area contributed by atoms with Crippen molar-refractivity contribution < 1.29 is 18.3 Å². The van der Waals surface area contributed by atoms with Gasteiger partial charge in [-0.2, -0.15) is 5.26 Å². The van der Waals surface area contributed by atoms with E-state index in [4.69, 9.17) is 5.26 Å². The summed E-state index contributed by atoms with van der Waals surface area (Å²) in [7, 11) is -3.69. The first kappa shape index (κ1) is 22.2. The van der Waals surface area contributed by atoms with Crippen molar-refractivity contribution in [3.05, 3.63) is 40.4 Å². The molecule has 1 aromatic carbocycles. The number of carbonyl (C=O) groups excluding carboxylic acids is 1. The number of anilines is 2. The summed E-state index contributed by atoms with van der Waals surface area (Å²) < 4.78 is 24.8. The van der Waals surface area contributed by atoms with Crippen molar-refractivity contribution in [2.24, 2.45) is 5.92 Å². The molecule has 30 heavy (non-hydrogen) atoms. The maximum Gasteiger partial charge on any atom is 0.284 e. The third-order valence-corrected chi connectivity index (χ3v) is 6.71. The third kappa shape index (κ3) is 5.36. The lowest BCUT2D eigenvalue weighted by molar-refractivity contribution is 0.0977. The molecule has 2 atom stereocenters. The fraction of sp³-hybridized carbons (Fsp3) is 0.450. The number of aliphatic hydroxyl groups excluding tert-OH is 1. The molecule has 0 aliphatic heterocycles. The van der Waals surface area contributed by atoms with E-state index in [1.54, 1.807) is 19.1 Å². The lowest BCUT2D eigenvalue weighted by atomic mass is 10.0. The van der Waals surface area contributed by atoms with Crippen LogP contribution in [0.1, 0.15) is 46.6 Å². The summed E-state index contributed by atoms with van der Waals surface area (Å²) in [5.74, 6) is -0.552. The van der Waals surface area contributed by atoms with Crippen LogP contribution in [0.4, 0.5) is 10.8 Å². The van der Waals surface area contributed by atoms with Gasteiger partial charge in [0.2, 0.25) is 10.0 Å². The van der Waals surface area contributed by atoms with E-state index in [-0.39, 0.29) is 17.7 Å². The topological polar surface area (TPSA) is 123 Å². The maximum atomic E-state index is 12.3. The molecular formula is C20H24N4O4S2. The first-order chi connectivity index (χ1) is 14.2. The first-order valence-electron chi connectivity index (χ1n) is 9.63. The number of amides is 1. The highest BCUT2D eigenvalue weighted by atomic mass is 32.2. The van der Waals surface area contributed by atoms with Gasteiger partial charge in [-0.3, -0.25) is 4.79 Å². The molecule has 1 heterocycles. The number of aliphatic hydroxyl groups is 1. The molecule has 0 radical (unpaired) electrons. The number of sulfonamides is 1. The van der Waals surface area contributed by atoms with E-state index in [1.165, 1.54) is 11.3 Å². The lowest BCUT2D eigenvalue weighted by Crippen LogP contribution is -2.30. The zero-order valence-corrected chi connectivity index (χ0v) is 18.5. The second-order valence-electron chi connectivity index (χ2n) is 7.46. The third-order valence-electron chi connectivity index (χ3n) is 5.16. The van der Waals surface area contributed by atoms with Crippen LogP contribution >= 0.6 is 11.3 Å². The Hall–Kier alpha value is -2.48. The minimum atomic E-state index is -3.69. The van der Waals surface area contributed by atoms with Crippen molar-refractivity contribution in [2.45, 2.75) is 38.7 Å². The summed E-state index contributed by atoms with van der Waals surface area (Å²) in [6, 6.07) is 9.15. The molecule has 1 saturated carbocycles. The number of rotatable bonds is 7. The number of thiazole rings is 1. The summed E-state index contributed by atoms with van der Waals surface area (Å²) in [5.41, 5.74) is 1.42. The molecule has 1 aliphatic rings. The van der Waals surface area contributed by atoms with Crippen LogP contribution in [0.3, 0.4) is 0 Å². The van der Waals surface area contributed by atoms with Gasteiger partial charge in [0, 0.05) is 17.1 Å². The molecule has 3 rings (SSSR count). The van der Waals surface area contributed by atoms with Crippen molar-refractivity contribution in [1.29, 1.82) is 5.26 Å². The van der Waals surface area contributed by atoms with Crippen LogP contribution in [0, 0.1) is 24.2 Å². The summed E-state index contributed by atoms with van der Waals surface area (Å²) in [4.78, 5) is 19.3. The molecule has 2 N–H and O–H groups in total. The van der Waals surface area contributed by atoms with Crippen LogP contribution in [0.15, 0.2) is 24.3 Å². The van der Waals surface area contributed by atoms with E-state index in [0.717, 1.165) is 37.6 Å². The highest BCUT2D eigenvalue weighted by Crippen LogP contribution is 2.34. The zero-order chi connectivity index (χ0) is 21.9. The minimum absolute atomic E-state index is 0.0694. The van der Waals surface area contributed by atoms with Gasteiger partial charge in [-0.25, -0.2) is 18.1 Å². The van der Waals surface area contributed by atoms with Crippen molar-refractivity contribution in [2.75, 3.05) is 17.7 Å². The molecule has 2 aromatic rings. The van der Waals surface area contributed by atoms with E-state index in [9.17, 15) is 18.3 Å². The predicted octanol–water partition coefficient (Wildman–Crippen LogP) is 2.70. The number of nitrogens with zero attached hydrogens (tertiary/aromatic N) is 3. The highest BCUT2D eigenvalue weighted by Gasteiger charge is 2.27. The summed E-state index contributed by atoms with van der Waals surface area (Å²) >= 11 is 1.30. The molecule has 2 unspecified atom stereocenters. The monoisotopic (exact) mass is 448 g/mol. The number of nitriles is 1. The van der Waals surface area contributed by atoms with Crippen LogP contribution in [-0.2, 0) is 10.0 Å². The standard InChI is InChI=1S/C20H24N4O4S2/c1-13-18(19(26)23-30(2,27)28)22-20(29-13)24(11-10-15-4-3-5-17(15)25)16-8-6-14(12-21)7-9-16/h6-9,15,17,25H,3-5,10-11H2,1-2H3,(H,23,26). The van der Waals surface area contributed by atoms with Gasteiger partial charge in [-0.05, 0) is 56.4 Å². The van der Waals surface area contributed by atoms with Crippen molar-refractivity contribution in [3.63, 3.8) is 0 Å². The Bertz CT molecular complexity index is 1060. The first-order valence-corrected chi connectivity index (χ1v) is 12.3. The van der Waals surface area contributed by atoms with Crippen LogP contribution in [-0.4, -0.2) is 43.3 Å². The number of aromatic nitrogens is 1. The fourth-order valence-corrected chi connectivity index (χ4v) is 5.01. The zero-order valence-electron chi connectivity index (χ0n) is 16.8.